The Labute approximate surface area is 183 Å². The molecule has 32 heavy (non-hydrogen) atoms. The Kier molecular flexibility index (Phi) is 4.83. The minimum atomic E-state index is -0.554. The third-order valence-corrected chi connectivity index (χ3v) is 5.15. The number of carbonyl (C=O) groups excluding carboxylic acids is 1. The van der Waals surface area contributed by atoms with Crippen molar-refractivity contribution in [3.05, 3.63) is 90.2 Å². The molecule has 1 unspecified atom stereocenters. The molecule has 1 aliphatic heterocycles. The number of phenolic OH excluding ortho intramolecular Hbond substituents is 1. The van der Waals surface area contributed by atoms with Crippen LogP contribution in [-0.2, 0) is 4.79 Å². The van der Waals surface area contributed by atoms with Gasteiger partial charge in [0.05, 0.1) is 17.5 Å². The van der Waals surface area contributed by atoms with Crippen LogP contribution in [0.4, 0.5) is 11.6 Å². The Morgan fingerprint density at radius 2 is 1.81 bits per heavy atom. The van der Waals surface area contributed by atoms with E-state index in [1.807, 2.05) is 19.1 Å². The molecular formula is C23H19N7O2. The van der Waals surface area contributed by atoms with Gasteiger partial charge in [-0.15, -0.1) is 5.10 Å². The van der Waals surface area contributed by atoms with Gasteiger partial charge in [-0.25, -0.2) is 4.68 Å². The molecule has 9 heteroatoms. The summed E-state index contributed by atoms with van der Waals surface area (Å²) in [4.78, 5) is 26.2. The number of rotatable bonds is 4. The summed E-state index contributed by atoms with van der Waals surface area (Å²) in [6.07, 6.45) is 6.60. The fraction of sp³-hybridized carbons (Fsp3) is 0.0870. The number of allylic oxidation sites excluding steroid dienone is 1. The molecule has 5 rings (SSSR count). The third kappa shape index (κ3) is 3.56. The fourth-order valence-corrected chi connectivity index (χ4v) is 3.66. The second kappa shape index (κ2) is 7.95. The maximum atomic E-state index is 13.4. The van der Waals surface area contributed by atoms with Crippen molar-refractivity contribution in [2.24, 2.45) is 0 Å². The van der Waals surface area contributed by atoms with Gasteiger partial charge in [0.2, 0.25) is 5.95 Å². The molecule has 0 saturated carbocycles. The predicted molar refractivity (Wildman–Crippen MR) is 119 cm³/mol. The molecule has 4 aromatic rings. The zero-order valence-electron chi connectivity index (χ0n) is 17.1. The maximum Gasteiger partial charge on any atom is 0.255 e. The summed E-state index contributed by atoms with van der Waals surface area (Å²) in [7, 11) is 0. The van der Waals surface area contributed by atoms with Crippen LogP contribution in [0.1, 0.15) is 18.5 Å². The molecular weight excluding hydrogens is 406 g/mol. The second-order valence-corrected chi connectivity index (χ2v) is 7.30. The lowest BCUT2D eigenvalue weighted by atomic mass is 9.95. The smallest absolute Gasteiger partial charge is 0.255 e. The normalized spacial score (nSPS) is 15.1. The first kappa shape index (κ1) is 19.4. The molecule has 0 saturated heterocycles. The Morgan fingerprint density at radius 3 is 2.50 bits per heavy atom. The van der Waals surface area contributed by atoms with Crippen LogP contribution in [0.3, 0.4) is 0 Å². The van der Waals surface area contributed by atoms with Crippen LogP contribution in [0.25, 0.3) is 11.4 Å². The lowest BCUT2D eigenvalue weighted by Gasteiger charge is -2.28. The molecule has 9 nitrogen and oxygen atoms in total. The van der Waals surface area contributed by atoms with Crippen molar-refractivity contribution in [1.82, 2.24) is 24.7 Å². The highest BCUT2D eigenvalue weighted by molar-refractivity contribution is 6.05. The molecule has 0 radical (unpaired) electrons. The Morgan fingerprint density at radius 1 is 1.06 bits per heavy atom. The summed E-state index contributed by atoms with van der Waals surface area (Å²) in [5.74, 6) is 0.855. The quantitative estimate of drug-likeness (QED) is 0.459. The van der Waals surface area contributed by atoms with Crippen LogP contribution >= 0.6 is 0 Å². The first-order chi connectivity index (χ1) is 15.6. The monoisotopic (exact) mass is 425 g/mol. The summed E-state index contributed by atoms with van der Waals surface area (Å²) in [6, 6.07) is 13.4. The van der Waals surface area contributed by atoms with Crippen LogP contribution in [0.15, 0.2) is 84.6 Å². The van der Waals surface area contributed by atoms with E-state index in [1.54, 1.807) is 65.9 Å². The number of aromatic hydroxyl groups is 1. The van der Waals surface area contributed by atoms with Crippen LogP contribution < -0.4 is 10.6 Å². The lowest BCUT2D eigenvalue weighted by Crippen LogP contribution is -2.31. The number of phenols is 1. The summed E-state index contributed by atoms with van der Waals surface area (Å²) in [5, 5.41) is 20.6. The standard InChI is InChI=1S/C23H19N7O2/c1-14-19(22(32)27-17-5-3-11-25-13-17)20(15-6-8-18(31)9-7-15)30-23(26-14)28-21(29-30)16-4-2-10-24-12-16/h2-13,20,31H,1H3,(H,27,32)(H,26,28,29). The molecule has 1 aliphatic rings. The predicted octanol–water partition coefficient (Wildman–Crippen LogP) is 3.37. The number of nitrogens with zero attached hydrogens (tertiary/aromatic N) is 5. The molecule has 0 spiro atoms. The highest BCUT2D eigenvalue weighted by Crippen LogP contribution is 2.37. The highest BCUT2D eigenvalue weighted by atomic mass is 16.3. The molecule has 0 fully saturated rings. The van der Waals surface area contributed by atoms with E-state index >= 15 is 0 Å². The number of hydrogen-bond acceptors (Lipinski definition) is 7. The van der Waals surface area contributed by atoms with Crippen molar-refractivity contribution in [1.29, 1.82) is 0 Å². The number of anilines is 2. The third-order valence-electron chi connectivity index (χ3n) is 5.15. The Balaban J connectivity index is 1.60. The second-order valence-electron chi connectivity index (χ2n) is 7.30. The van der Waals surface area contributed by atoms with E-state index in [2.05, 4.69) is 30.7 Å². The number of amides is 1. The van der Waals surface area contributed by atoms with E-state index in [9.17, 15) is 9.90 Å². The number of benzene rings is 1. The number of pyridine rings is 2. The van der Waals surface area contributed by atoms with E-state index in [0.717, 1.165) is 11.1 Å². The number of fused-ring (bicyclic) bond motifs is 1. The Hall–Kier alpha value is -4.53. The summed E-state index contributed by atoms with van der Waals surface area (Å²) < 4.78 is 1.68. The topological polar surface area (TPSA) is 118 Å². The average Bonchev–Trinajstić information content (AvgIpc) is 3.23. The van der Waals surface area contributed by atoms with Gasteiger partial charge < -0.3 is 15.7 Å². The van der Waals surface area contributed by atoms with E-state index < -0.39 is 6.04 Å². The first-order valence-electron chi connectivity index (χ1n) is 9.95. The van der Waals surface area contributed by atoms with E-state index in [-0.39, 0.29) is 11.7 Å². The molecule has 1 aromatic carbocycles. The van der Waals surface area contributed by atoms with Gasteiger partial charge in [-0.1, -0.05) is 12.1 Å². The van der Waals surface area contributed by atoms with Gasteiger partial charge in [-0.05, 0) is 48.9 Å². The van der Waals surface area contributed by atoms with Crippen molar-refractivity contribution < 1.29 is 9.90 Å². The van der Waals surface area contributed by atoms with Gasteiger partial charge in [0.25, 0.3) is 5.91 Å². The first-order valence-corrected chi connectivity index (χ1v) is 9.95. The van der Waals surface area contributed by atoms with Gasteiger partial charge >= 0.3 is 0 Å². The minimum absolute atomic E-state index is 0.139. The van der Waals surface area contributed by atoms with Crippen LogP contribution in [0.2, 0.25) is 0 Å². The van der Waals surface area contributed by atoms with Crippen molar-refractivity contribution in [2.75, 3.05) is 10.6 Å². The Bertz CT molecular complexity index is 1300. The molecule has 158 valence electrons. The van der Waals surface area contributed by atoms with Crippen molar-refractivity contribution in [2.45, 2.75) is 13.0 Å². The summed E-state index contributed by atoms with van der Waals surface area (Å²) >= 11 is 0. The molecule has 3 aromatic heterocycles. The van der Waals surface area contributed by atoms with Gasteiger partial charge in [-0.2, -0.15) is 4.98 Å². The molecule has 3 N–H and O–H groups in total. The van der Waals surface area contributed by atoms with Crippen molar-refractivity contribution in [3.8, 4) is 17.1 Å². The summed E-state index contributed by atoms with van der Waals surface area (Å²) in [5.41, 5.74) is 3.27. The van der Waals surface area contributed by atoms with E-state index in [0.29, 0.717) is 28.7 Å². The molecule has 4 heterocycles. The van der Waals surface area contributed by atoms with Crippen molar-refractivity contribution in [3.63, 3.8) is 0 Å². The number of aromatic nitrogens is 5. The highest BCUT2D eigenvalue weighted by Gasteiger charge is 2.34. The van der Waals surface area contributed by atoms with E-state index in [1.165, 1.54) is 0 Å². The van der Waals surface area contributed by atoms with Gasteiger partial charge in [0.15, 0.2) is 5.82 Å². The van der Waals surface area contributed by atoms with Gasteiger partial charge in [0.1, 0.15) is 11.8 Å². The summed E-state index contributed by atoms with van der Waals surface area (Å²) in [6.45, 7) is 1.83. The zero-order chi connectivity index (χ0) is 22.1. The average molecular weight is 425 g/mol. The van der Waals surface area contributed by atoms with Gasteiger partial charge in [-0.3, -0.25) is 14.8 Å². The molecule has 0 aliphatic carbocycles. The SMILES string of the molecule is CC1=C(C(=O)Nc2cccnc2)C(c2ccc(O)cc2)n2nc(-c3cccnc3)nc2N1. The molecule has 1 amide bonds. The van der Waals surface area contributed by atoms with E-state index in [4.69, 9.17) is 0 Å². The number of hydrogen-bond donors (Lipinski definition) is 3. The minimum Gasteiger partial charge on any atom is -0.508 e. The van der Waals surface area contributed by atoms with Crippen LogP contribution in [0, 0.1) is 0 Å². The largest absolute Gasteiger partial charge is 0.508 e. The number of nitrogens with one attached hydrogen (secondary N) is 2. The fourth-order valence-electron chi connectivity index (χ4n) is 3.66. The van der Waals surface area contributed by atoms with Crippen LogP contribution in [-0.4, -0.2) is 35.7 Å². The van der Waals surface area contributed by atoms with Crippen molar-refractivity contribution >= 4 is 17.5 Å². The molecule has 1 atom stereocenters. The molecule has 0 bridgehead atoms. The lowest BCUT2D eigenvalue weighted by molar-refractivity contribution is -0.113. The van der Waals surface area contributed by atoms with Gasteiger partial charge in [0, 0.05) is 29.9 Å². The maximum absolute atomic E-state index is 13.4. The number of carbonyl (C=O) groups is 1. The zero-order valence-corrected chi connectivity index (χ0v) is 17.1. The van der Waals surface area contributed by atoms with Crippen LogP contribution in [0.5, 0.6) is 5.75 Å².